The molecule has 0 bridgehead atoms. The van der Waals surface area contributed by atoms with Gasteiger partial charge in [-0.2, -0.15) is 0 Å². The molecule has 6 nitrogen and oxygen atoms in total. The van der Waals surface area contributed by atoms with Crippen molar-refractivity contribution in [2.45, 2.75) is 19.0 Å². The molecule has 1 atom stereocenters. The number of carbonyl (C=O) groups excluding carboxylic acids is 1. The average Bonchev–Trinajstić information content (AvgIpc) is 2.82. The minimum Gasteiger partial charge on any atom is -0.497 e. The molecule has 0 aliphatic carbocycles. The fraction of sp³-hybridized carbons (Fsp3) is 0.280. The fourth-order valence-corrected chi connectivity index (χ4v) is 4.04. The van der Waals surface area contributed by atoms with Gasteiger partial charge < -0.3 is 14.8 Å². The first-order valence-corrected chi connectivity index (χ1v) is 10.4. The molecule has 1 saturated heterocycles. The molecule has 31 heavy (non-hydrogen) atoms. The molecule has 2 aromatic carbocycles. The monoisotopic (exact) mass is 417 g/mol. The SMILES string of the molecule is COc1ccc(OC)c(CN2CCNC(=O)[C@@H]2Cc2cccc(-c3ccncc3)c2)c1. The lowest BCUT2D eigenvalue weighted by Crippen LogP contribution is -2.55. The quantitative estimate of drug-likeness (QED) is 0.639. The van der Waals surface area contributed by atoms with E-state index in [2.05, 4.69) is 33.4 Å². The molecule has 4 rings (SSSR count). The van der Waals surface area contributed by atoms with Gasteiger partial charge in [-0.15, -0.1) is 0 Å². The Morgan fingerprint density at radius 1 is 1.03 bits per heavy atom. The predicted octanol–water partition coefficient (Wildman–Crippen LogP) is 3.31. The summed E-state index contributed by atoms with van der Waals surface area (Å²) in [6, 6.07) is 17.9. The Morgan fingerprint density at radius 2 is 1.87 bits per heavy atom. The van der Waals surface area contributed by atoms with E-state index in [9.17, 15) is 4.79 Å². The van der Waals surface area contributed by atoms with Gasteiger partial charge in [0.15, 0.2) is 0 Å². The summed E-state index contributed by atoms with van der Waals surface area (Å²) in [4.78, 5) is 19.1. The standard InChI is InChI=1S/C25H27N3O3/c1-30-22-6-7-24(31-2)21(16-22)17-28-13-12-27-25(29)23(28)15-18-4-3-5-20(14-18)19-8-10-26-11-9-19/h3-11,14,16,23H,12-13,15,17H2,1-2H3,(H,27,29)/t23-/m0/s1. The lowest BCUT2D eigenvalue weighted by molar-refractivity contribution is -0.129. The van der Waals surface area contributed by atoms with Gasteiger partial charge in [0.05, 0.1) is 20.3 Å². The largest absolute Gasteiger partial charge is 0.497 e. The molecule has 0 unspecified atom stereocenters. The second-order valence-electron chi connectivity index (χ2n) is 7.60. The van der Waals surface area contributed by atoms with Crippen molar-refractivity contribution in [2.75, 3.05) is 27.3 Å². The maximum atomic E-state index is 12.8. The molecule has 1 aromatic heterocycles. The van der Waals surface area contributed by atoms with Gasteiger partial charge in [-0.05, 0) is 53.4 Å². The summed E-state index contributed by atoms with van der Waals surface area (Å²) in [5.74, 6) is 1.63. The van der Waals surface area contributed by atoms with E-state index in [0.717, 1.165) is 40.3 Å². The van der Waals surface area contributed by atoms with Crippen LogP contribution in [0.4, 0.5) is 0 Å². The Bertz CT molecular complexity index is 1040. The molecule has 1 amide bonds. The number of ether oxygens (including phenoxy) is 2. The van der Waals surface area contributed by atoms with Crippen molar-refractivity contribution in [1.29, 1.82) is 0 Å². The van der Waals surface area contributed by atoms with Crippen LogP contribution in [0.5, 0.6) is 11.5 Å². The number of rotatable bonds is 7. The number of carbonyl (C=O) groups is 1. The summed E-state index contributed by atoms with van der Waals surface area (Å²) in [6.45, 7) is 2.03. The third kappa shape index (κ3) is 4.86. The number of methoxy groups -OCH3 is 2. The number of piperazine rings is 1. The average molecular weight is 418 g/mol. The molecule has 1 aliphatic heterocycles. The van der Waals surface area contributed by atoms with Gasteiger partial charge >= 0.3 is 0 Å². The smallest absolute Gasteiger partial charge is 0.237 e. The molecule has 1 aliphatic rings. The number of hydrogen-bond acceptors (Lipinski definition) is 5. The van der Waals surface area contributed by atoms with Crippen LogP contribution in [0, 0.1) is 0 Å². The van der Waals surface area contributed by atoms with E-state index in [4.69, 9.17) is 9.47 Å². The Morgan fingerprint density at radius 3 is 2.65 bits per heavy atom. The summed E-state index contributed by atoms with van der Waals surface area (Å²) in [7, 11) is 3.31. The molecule has 6 heteroatoms. The van der Waals surface area contributed by atoms with Crippen molar-refractivity contribution < 1.29 is 14.3 Å². The van der Waals surface area contributed by atoms with E-state index in [1.165, 1.54) is 0 Å². The Kier molecular flexibility index (Phi) is 6.48. The highest BCUT2D eigenvalue weighted by molar-refractivity contribution is 5.83. The van der Waals surface area contributed by atoms with E-state index in [-0.39, 0.29) is 11.9 Å². The number of pyridine rings is 1. The van der Waals surface area contributed by atoms with Crippen LogP contribution in [0.15, 0.2) is 67.0 Å². The molecule has 1 N–H and O–H groups in total. The third-order valence-corrected chi connectivity index (χ3v) is 5.67. The maximum Gasteiger partial charge on any atom is 0.237 e. The summed E-state index contributed by atoms with van der Waals surface area (Å²) >= 11 is 0. The van der Waals surface area contributed by atoms with Crippen molar-refractivity contribution in [3.63, 3.8) is 0 Å². The second kappa shape index (κ2) is 9.62. The molecule has 2 heterocycles. The van der Waals surface area contributed by atoms with Gasteiger partial charge in [-0.1, -0.05) is 24.3 Å². The number of benzene rings is 2. The van der Waals surface area contributed by atoms with Gasteiger partial charge in [0, 0.05) is 37.6 Å². The normalized spacial score (nSPS) is 16.6. The number of nitrogens with one attached hydrogen (secondary N) is 1. The lowest BCUT2D eigenvalue weighted by Gasteiger charge is -2.35. The van der Waals surface area contributed by atoms with Crippen molar-refractivity contribution in [3.05, 3.63) is 78.1 Å². The zero-order valence-electron chi connectivity index (χ0n) is 17.9. The molecule has 1 fully saturated rings. The first-order valence-electron chi connectivity index (χ1n) is 10.4. The van der Waals surface area contributed by atoms with E-state index in [1.54, 1.807) is 26.6 Å². The van der Waals surface area contributed by atoms with E-state index >= 15 is 0 Å². The Hall–Kier alpha value is -3.38. The van der Waals surface area contributed by atoms with Gasteiger partial charge in [0.1, 0.15) is 11.5 Å². The highest BCUT2D eigenvalue weighted by Crippen LogP contribution is 2.27. The maximum absolute atomic E-state index is 12.8. The van der Waals surface area contributed by atoms with Crippen molar-refractivity contribution in [1.82, 2.24) is 15.2 Å². The van der Waals surface area contributed by atoms with Gasteiger partial charge in [-0.3, -0.25) is 14.7 Å². The van der Waals surface area contributed by atoms with E-state index < -0.39 is 0 Å². The van der Waals surface area contributed by atoms with Gasteiger partial charge in [-0.25, -0.2) is 0 Å². The minimum atomic E-state index is -0.252. The van der Waals surface area contributed by atoms with Crippen molar-refractivity contribution >= 4 is 5.91 Å². The van der Waals surface area contributed by atoms with Crippen LogP contribution in [0.1, 0.15) is 11.1 Å². The molecule has 160 valence electrons. The van der Waals surface area contributed by atoms with E-state index in [0.29, 0.717) is 19.5 Å². The minimum absolute atomic E-state index is 0.0578. The fourth-order valence-electron chi connectivity index (χ4n) is 4.04. The summed E-state index contributed by atoms with van der Waals surface area (Å²) < 4.78 is 10.9. The number of aromatic nitrogens is 1. The molecule has 3 aromatic rings. The second-order valence-corrected chi connectivity index (χ2v) is 7.60. The molecule has 0 radical (unpaired) electrons. The van der Waals surface area contributed by atoms with Gasteiger partial charge in [0.25, 0.3) is 0 Å². The summed E-state index contributed by atoms with van der Waals surface area (Å²) in [5.41, 5.74) is 4.37. The van der Waals surface area contributed by atoms with Crippen LogP contribution in [-0.4, -0.2) is 49.1 Å². The first kappa shape index (κ1) is 20.9. The van der Waals surface area contributed by atoms with Crippen LogP contribution in [0.25, 0.3) is 11.1 Å². The number of hydrogen-bond donors (Lipinski definition) is 1. The topological polar surface area (TPSA) is 63.7 Å². The number of amides is 1. The molecular formula is C25H27N3O3. The molecule has 0 saturated carbocycles. The van der Waals surface area contributed by atoms with E-state index in [1.807, 2.05) is 36.4 Å². The zero-order chi connectivity index (χ0) is 21.6. The highest BCUT2D eigenvalue weighted by atomic mass is 16.5. The molecular weight excluding hydrogens is 390 g/mol. The number of nitrogens with zero attached hydrogens (tertiary/aromatic N) is 2. The summed E-state index contributed by atoms with van der Waals surface area (Å²) in [6.07, 6.45) is 4.22. The Labute approximate surface area is 182 Å². The Balaban J connectivity index is 1.57. The van der Waals surface area contributed by atoms with Gasteiger partial charge in [0.2, 0.25) is 5.91 Å². The predicted molar refractivity (Wildman–Crippen MR) is 120 cm³/mol. The van der Waals surface area contributed by atoms with Crippen LogP contribution in [0.2, 0.25) is 0 Å². The van der Waals surface area contributed by atoms with Crippen LogP contribution in [-0.2, 0) is 17.8 Å². The zero-order valence-corrected chi connectivity index (χ0v) is 17.9. The first-order chi connectivity index (χ1) is 15.2. The van der Waals surface area contributed by atoms with Crippen molar-refractivity contribution in [3.8, 4) is 22.6 Å². The molecule has 0 spiro atoms. The highest BCUT2D eigenvalue weighted by Gasteiger charge is 2.30. The van der Waals surface area contributed by atoms with Crippen LogP contribution < -0.4 is 14.8 Å². The summed E-state index contributed by atoms with van der Waals surface area (Å²) in [5, 5.41) is 3.02. The lowest BCUT2D eigenvalue weighted by atomic mass is 9.97. The van der Waals surface area contributed by atoms with Crippen LogP contribution >= 0.6 is 0 Å². The van der Waals surface area contributed by atoms with Crippen LogP contribution in [0.3, 0.4) is 0 Å². The van der Waals surface area contributed by atoms with Crippen molar-refractivity contribution in [2.24, 2.45) is 0 Å². The third-order valence-electron chi connectivity index (χ3n) is 5.67.